The van der Waals surface area contributed by atoms with E-state index in [0.29, 0.717) is 29.5 Å². The summed E-state index contributed by atoms with van der Waals surface area (Å²) in [6.45, 7) is 0.378. The maximum Gasteiger partial charge on any atom is 0.416 e. The van der Waals surface area contributed by atoms with E-state index in [1.54, 1.807) is 36.4 Å². The number of aromatic nitrogens is 2. The van der Waals surface area contributed by atoms with Crippen molar-refractivity contribution in [3.63, 3.8) is 0 Å². The standard InChI is InChI=1S/C28H19F3N4O4/c29-28(30,31)16-11-12-22-21(15-16)23(35-26(38)19-9-3-4-10-20(19)27(35)39)32-34(22)14-6-5-13-33-24(36)17-7-1-2-8-18(17)25(33)37/h1-4,7-12,15H,5-6,13-14H2. The molecule has 11 heteroatoms. The molecular weight excluding hydrogens is 513 g/mol. The third kappa shape index (κ3) is 3.89. The van der Waals surface area contributed by atoms with Crippen molar-refractivity contribution in [2.24, 2.45) is 0 Å². The Hall–Kier alpha value is -4.80. The first-order valence-corrected chi connectivity index (χ1v) is 12.2. The maximum atomic E-state index is 13.5. The third-order valence-electron chi connectivity index (χ3n) is 6.94. The lowest BCUT2D eigenvalue weighted by molar-refractivity contribution is -0.137. The highest BCUT2D eigenvalue weighted by Gasteiger charge is 2.40. The number of hydrogen-bond acceptors (Lipinski definition) is 5. The number of carbonyl (C=O) groups is 4. The maximum absolute atomic E-state index is 13.5. The number of carbonyl (C=O) groups excluding carboxylic acids is 4. The minimum Gasteiger partial charge on any atom is -0.274 e. The second kappa shape index (κ2) is 8.90. The molecule has 196 valence electrons. The molecule has 0 unspecified atom stereocenters. The molecule has 3 heterocycles. The Morgan fingerprint density at radius 3 is 1.72 bits per heavy atom. The van der Waals surface area contributed by atoms with Crippen molar-refractivity contribution in [3.8, 4) is 0 Å². The number of rotatable bonds is 6. The van der Waals surface area contributed by atoms with Crippen LogP contribution in [0.3, 0.4) is 0 Å². The number of halogens is 3. The van der Waals surface area contributed by atoms with Gasteiger partial charge in [0.05, 0.1) is 33.3 Å². The van der Waals surface area contributed by atoms with Crippen molar-refractivity contribution in [2.75, 3.05) is 11.4 Å². The zero-order chi connectivity index (χ0) is 27.5. The summed E-state index contributed by atoms with van der Waals surface area (Å²) in [6, 6.07) is 15.8. The topological polar surface area (TPSA) is 92.6 Å². The highest BCUT2D eigenvalue weighted by Crippen LogP contribution is 2.37. The number of alkyl halides is 3. The van der Waals surface area contributed by atoms with Crippen LogP contribution < -0.4 is 4.90 Å². The number of aryl methyl sites for hydroxylation is 1. The second-order valence-corrected chi connectivity index (χ2v) is 9.28. The second-order valence-electron chi connectivity index (χ2n) is 9.28. The third-order valence-corrected chi connectivity index (χ3v) is 6.94. The smallest absolute Gasteiger partial charge is 0.274 e. The van der Waals surface area contributed by atoms with E-state index in [-0.39, 0.29) is 47.2 Å². The van der Waals surface area contributed by atoms with Gasteiger partial charge in [0.15, 0.2) is 5.82 Å². The predicted octanol–water partition coefficient (Wildman–Crippen LogP) is 4.93. The van der Waals surface area contributed by atoms with E-state index in [1.165, 1.54) is 27.8 Å². The van der Waals surface area contributed by atoms with Gasteiger partial charge in [0.25, 0.3) is 23.6 Å². The van der Waals surface area contributed by atoms with Gasteiger partial charge in [-0.1, -0.05) is 24.3 Å². The van der Waals surface area contributed by atoms with Gasteiger partial charge in [-0.3, -0.25) is 28.8 Å². The number of benzene rings is 3. The number of nitrogens with zero attached hydrogens (tertiary/aromatic N) is 4. The first-order chi connectivity index (χ1) is 18.7. The molecular formula is C28H19F3N4O4. The molecule has 0 atom stereocenters. The molecule has 0 saturated heterocycles. The Morgan fingerprint density at radius 2 is 1.18 bits per heavy atom. The Morgan fingerprint density at radius 1 is 0.667 bits per heavy atom. The Labute approximate surface area is 219 Å². The summed E-state index contributed by atoms with van der Waals surface area (Å²) in [4.78, 5) is 53.3. The van der Waals surface area contributed by atoms with Crippen LogP contribution in [0.15, 0.2) is 66.7 Å². The fourth-order valence-corrected chi connectivity index (χ4v) is 5.03. The summed E-state index contributed by atoms with van der Waals surface area (Å²) >= 11 is 0. The molecule has 2 aliphatic heterocycles. The van der Waals surface area contributed by atoms with Crippen molar-refractivity contribution >= 4 is 40.3 Å². The van der Waals surface area contributed by atoms with Gasteiger partial charge in [0.2, 0.25) is 0 Å². The Balaban J connectivity index is 1.27. The zero-order valence-electron chi connectivity index (χ0n) is 20.2. The summed E-state index contributed by atoms with van der Waals surface area (Å²) in [5.41, 5.74) is 0.391. The average Bonchev–Trinajstić information content (AvgIpc) is 3.49. The van der Waals surface area contributed by atoms with E-state index in [4.69, 9.17) is 0 Å². The largest absolute Gasteiger partial charge is 0.416 e. The molecule has 0 fully saturated rings. The van der Waals surface area contributed by atoms with Gasteiger partial charge in [-0.15, -0.1) is 0 Å². The number of imide groups is 2. The lowest BCUT2D eigenvalue weighted by Gasteiger charge is -2.13. The van der Waals surface area contributed by atoms with Crippen molar-refractivity contribution in [1.82, 2.24) is 14.7 Å². The molecule has 1 aromatic heterocycles. The van der Waals surface area contributed by atoms with E-state index in [9.17, 15) is 32.3 Å². The zero-order valence-corrected chi connectivity index (χ0v) is 20.2. The van der Waals surface area contributed by atoms with Crippen LogP contribution in [0.4, 0.5) is 19.0 Å². The Kier molecular flexibility index (Phi) is 5.60. The molecule has 0 N–H and O–H groups in total. The number of amides is 4. The van der Waals surface area contributed by atoms with Gasteiger partial charge in [-0.05, 0) is 55.3 Å². The van der Waals surface area contributed by atoms with Crippen molar-refractivity contribution in [1.29, 1.82) is 0 Å². The van der Waals surface area contributed by atoms with Gasteiger partial charge >= 0.3 is 6.18 Å². The summed E-state index contributed by atoms with van der Waals surface area (Å²) in [5.74, 6) is -2.24. The van der Waals surface area contributed by atoms with Crippen molar-refractivity contribution < 1.29 is 32.3 Å². The number of unbranched alkanes of at least 4 members (excludes halogenated alkanes) is 1. The highest BCUT2D eigenvalue weighted by molar-refractivity contribution is 6.35. The van der Waals surface area contributed by atoms with E-state index in [0.717, 1.165) is 17.0 Å². The van der Waals surface area contributed by atoms with Gasteiger partial charge < -0.3 is 0 Å². The quantitative estimate of drug-likeness (QED) is 0.259. The fraction of sp³-hybridized carbons (Fsp3) is 0.179. The fourth-order valence-electron chi connectivity index (χ4n) is 5.03. The molecule has 4 aromatic rings. The minimum atomic E-state index is -4.64. The van der Waals surface area contributed by atoms with Gasteiger partial charge in [0, 0.05) is 18.5 Å². The summed E-state index contributed by atoms with van der Waals surface area (Å²) in [7, 11) is 0. The molecule has 0 bridgehead atoms. The lowest BCUT2D eigenvalue weighted by Crippen LogP contribution is -2.31. The molecule has 8 nitrogen and oxygen atoms in total. The molecule has 2 aliphatic rings. The summed E-state index contributed by atoms with van der Waals surface area (Å²) < 4.78 is 42.0. The molecule has 0 saturated carbocycles. The molecule has 0 aliphatic carbocycles. The number of fused-ring (bicyclic) bond motifs is 3. The van der Waals surface area contributed by atoms with E-state index in [1.807, 2.05) is 0 Å². The van der Waals surface area contributed by atoms with Crippen LogP contribution in [0, 0.1) is 0 Å². The van der Waals surface area contributed by atoms with Crippen LogP contribution >= 0.6 is 0 Å². The number of anilines is 1. The molecule has 3 aromatic carbocycles. The SMILES string of the molecule is O=C1c2ccccc2C(=O)N1CCCCn1nc(N2C(=O)c3ccccc3C2=O)c2cc(C(F)(F)F)ccc21. The van der Waals surface area contributed by atoms with Gasteiger partial charge in [0.1, 0.15) is 0 Å². The van der Waals surface area contributed by atoms with Crippen molar-refractivity contribution in [2.45, 2.75) is 25.6 Å². The van der Waals surface area contributed by atoms with E-state index in [2.05, 4.69) is 5.10 Å². The lowest BCUT2D eigenvalue weighted by atomic mass is 10.1. The normalized spacial score (nSPS) is 15.1. The van der Waals surface area contributed by atoms with Crippen LogP contribution in [-0.4, -0.2) is 44.9 Å². The van der Waals surface area contributed by atoms with Crippen LogP contribution in [0.2, 0.25) is 0 Å². The Bertz CT molecular complexity index is 1640. The molecule has 6 rings (SSSR count). The summed E-state index contributed by atoms with van der Waals surface area (Å²) in [6.07, 6.45) is -3.80. The van der Waals surface area contributed by atoms with Gasteiger partial charge in [-0.2, -0.15) is 18.3 Å². The summed E-state index contributed by atoms with van der Waals surface area (Å²) in [5, 5.41) is 4.41. The van der Waals surface area contributed by atoms with Crippen LogP contribution in [-0.2, 0) is 12.7 Å². The average molecular weight is 532 g/mol. The minimum absolute atomic E-state index is 0.0136. The molecule has 39 heavy (non-hydrogen) atoms. The predicted molar refractivity (Wildman–Crippen MR) is 133 cm³/mol. The molecule has 0 spiro atoms. The monoisotopic (exact) mass is 532 g/mol. The van der Waals surface area contributed by atoms with E-state index < -0.39 is 23.6 Å². The first kappa shape index (κ1) is 24.5. The van der Waals surface area contributed by atoms with Gasteiger partial charge in [-0.25, -0.2) is 4.90 Å². The first-order valence-electron chi connectivity index (χ1n) is 12.2. The van der Waals surface area contributed by atoms with Crippen LogP contribution in [0.5, 0.6) is 0 Å². The van der Waals surface area contributed by atoms with Crippen molar-refractivity contribution in [3.05, 3.63) is 94.5 Å². The van der Waals surface area contributed by atoms with E-state index >= 15 is 0 Å². The van der Waals surface area contributed by atoms with Crippen LogP contribution in [0.1, 0.15) is 59.8 Å². The molecule has 4 amide bonds. The van der Waals surface area contributed by atoms with Crippen LogP contribution in [0.25, 0.3) is 10.9 Å². The molecule has 0 radical (unpaired) electrons. The number of hydrogen-bond donors (Lipinski definition) is 0. The highest BCUT2D eigenvalue weighted by atomic mass is 19.4.